The first-order valence-electron chi connectivity index (χ1n) is 10.1. The van der Waals surface area contributed by atoms with Gasteiger partial charge in [0.1, 0.15) is 0 Å². The third-order valence-electron chi connectivity index (χ3n) is 5.41. The summed E-state index contributed by atoms with van der Waals surface area (Å²) in [5, 5.41) is -0.322. The molecule has 1 aromatic heterocycles. The Hall–Kier alpha value is -2.93. The highest BCUT2D eigenvalue weighted by Gasteiger charge is 2.36. The van der Waals surface area contributed by atoms with Crippen molar-refractivity contribution in [1.82, 2.24) is 14.8 Å². The van der Waals surface area contributed by atoms with E-state index in [0.717, 1.165) is 42.2 Å². The van der Waals surface area contributed by atoms with Crippen molar-refractivity contribution < 1.29 is 14.4 Å². The minimum absolute atomic E-state index is 0.00726. The standard InChI is InChI=1S/C23H23N3O3S/c27-21(25-13-5-4-10-19(25)18-9-6-12-24-16-18)11-14-26-22(28)20(30-23(26)29)15-17-7-2-1-3-8-17/h1-3,6-9,12,15-16,19H,4-5,10-11,13-14H2/b20-15-/t19-/m1/s1. The zero-order chi connectivity index (χ0) is 20.9. The van der Waals surface area contributed by atoms with Crippen LogP contribution in [0.15, 0.2) is 59.8 Å². The number of benzene rings is 1. The van der Waals surface area contributed by atoms with E-state index in [2.05, 4.69) is 4.98 Å². The molecule has 4 rings (SSSR count). The molecule has 0 radical (unpaired) electrons. The lowest BCUT2D eigenvalue weighted by Crippen LogP contribution is -2.40. The van der Waals surface area contributed by atoms with Crippen molar-refractivity contribution in [3.8, 4) is 0 Å². The van der Waals surface area contributed by atoms with E-state index in [1.165, 1.54) is 4.90 Å². The second-order valence-electron chi connectivity index (χ2n) is 7.38. The second-order valence-corrected chi connectivity index (χ2v) is 8.37. The van der Waals surface area contributed by atoms with Gasteiger partial charge >= 0.3 is 0 Å². The van der Waals surface area contributed by atoms with Crippen LogP contribution in [0.4, 0.5) is 4.79 Å². The number of carbonyl (C=O) groups excluding carboxylic acids is 3. The van der Waals surface area contributed by atoms with Gasteiger partial charge in [0.25, 0.3) is 11.1 Å². The molecule has 3 amide bonds. The number of rotatable bonds is 5. The molecule has 1 aromatic carbocycles. The molecule has 0 spiro atoms. The summed E-state index contributed by atoms with van der Waals surface area (Å²) in [5.41, 5.74) is 1.90. The fraction of sp³-hybridized carbons (Fsp3) is 0.304. The number of hydrogen-bond donors (Lipinski definition) is 0. The summed E-state index contributed by atoms with van der Waals surface area (Å²) in [7, 11) is 0. The van der Waals surface area contributed by atoms with Gasteiger partial charge in [0, 0.05) is 31.9 Å². The highest BCUT2D eigenvalue weighted by Crippen LogP contribution is 2.33. The Morgan fingerprint density at radius 2 is 1.97 bits per heavy atom. The molecule has 2 aromatic rings. The van der Waals surface area contributed by atoms with E-state index in [4.69, 9.17) is 0 Å². The molecular formula is C23H23N3O3S. The zero-order valence-corrected chi connectivity index (χ0v) is 17.4. The van der Waals surface area contributed by atoms with Gasteiger partial charge in [-0.1, -0.05) is 36.4 Å². The molecule has 0 bridgehead atoms. The van der Waals surface area contributed by atoms with Crippen molar-refractivity contribution in [3.05, 3.63) is 70.9 Å². The summed E-state index contributed by atoms with van der Waals surface area (Å²) < 4.78 is 0. The van der Waals surface area contributed by atoms with Crippen LogP contribution in [0.2, 0.25) is 0 Å². The highest BCUT2D eigenvalue weighted by molar-refractivity contribution is 8.18. The smallest absolute Gasteiger partial charge is 0.293 e. The molecule has 6 nitrogen and oxygen atoms in total. The first-order chi connectivity index (χ1) is 14.6. The van der Waals surface area contributed by atoms with Crippen molar-refractivity contribution >= 4 is 34.9 Å². The fourth-order valence-corrected chi connectivity index (χ4v) is 4.76. The van der Waals surface area contributed by atoms with Crippen LogP contribution in [0.3, 0.4) is 0 Å². The number of hydrogen-bond acceptors (Lipinski definition) is 5. The molecule has 0 aliphatic carbocycles. The molecule has 0 N–H and O–H groups in total. The summed E-state index contributed by atoms with van der Waals surface area (Å²) in [6, 6.07) is 13.3. The predicted octanol–water partition coefficient (Wildman–Crippen LogP) is 4.26. The van der Waals surface area contributed by atoms with E-state index in [1.54, 1.807) is 18.5 Å². The minimum Gasteiger partial charge on any atom is -0.336 e. The van der Waals surface area contributed by atoms with Crippen LogP contribution in [0.25, 0.3) is 6.08 Å². The molecule has 2 aliphatic heterocycles. The van der Waals surface area contributed by atoms with Crippen molar-refractivity contribution in [3.63, 3.8) is 0 Å². The molecule has 0 saturated carbocycles. The molecule has 2 saturated heterocycles. The number of imide groups is 1. The molecule has 2 aliphatic rings. The number of likely N-dealkylation sites (tertiary alicyclic amines) is 1. The largest absolute Gasteiger partial charge is 0.336 e. The van der Waals surface area contributed by atoms with E-state index in [1.807, 2.05) is 47.4 Å². The number of aromatic nitrogens is 1. The average molecular weight is 422 g/mol. The van der Waals surface area contributed by atoms with Crippen LogP contribution in [-0.4, -0.2) is 44.9 Å². The SMILES string of the molecule is O=C1S/C(=C\c2ccccc2)C(=O)N1CCC(=O)N1CCCC[C@@H]1c1cccnc1. The van der Waals surface area contributed by atoms with Crippen LogP contribution in [0, 0.1) is 0 Å². The first-order valence-corrected chi connectivity index (χ1v) is 10.9. The van der Waals surface area contributed by atoms with Crippen molar-refractivity contribution in [2.45, 2.75) is 31.7 Å². The molecule has 3 heterocycles. The van der Waals surface area contributed by atoms with Crippen LogP contribution >= 0.6 is 11.8 Å². The Kier molecular flexibility index (Phi) is 6.28. The van der Waals surface area contributed by atoms with Gasteiger partial charge in [0.15, 0.2) is 0 Å². The van der Waals surface area contributed by atoms with Crippen LogP contribution in [-0.2, 0) is 9.59 Å². The molecule has 7 heteroatoms. The summed E-state index contributed by atoms with van der Waals surface area (Å²) in [6.45, 7) is 0.792. The Morgan fingerprint density at radius 1 is 1.13 bits per heavy atom. The van der Waals surface area contributed by atoms with Gasteiger partial charge in [-0.15, -0.1) is 0 Å². The lowest BCUT2D eigenvalue weighted by Gasteiger charge is -2.36. The maximum absolute atomic E-state index is 13.0. The number of amides is 3. The third kappa shape index (κ3) is 4.46. The van der Waals surface area contributed by atoms with Crippen LogP contribution in [0.1, 0.15) is 42.9 Å². The Bertz CT molecular complexity index is 962. The van der Waals surface area contributed by atoms with Gasteiger partial charge in [-0.05, 0) is 54.3 Å². The van der Waals surface area contributed by atoms with Crippen molar-refractivity contribution in [2.24, 2.45) is 0 Å². The van der Waals surface area contributed by atoms with E-state index >= 15 is 0 Å². The van der Waals surface area contributed by atoms with E-state index < -0.39 is 0 Å². The molecular weight excluding hydrogens is 398 g/mol. The number of carbonyl (C=O) groups is 3. The maximum atomic E-state index is 13.0. The van der Waals surface area contributed by atoms with Gasteiger partial charge in [-0.3, -0.25) is 24.3 Å². The van der Waals surface area contributed by atoms with Gasteiger partial charge in [0.05, 0.1) is 10.9 Å². The van der Waals surface area contributed by atoms with Crippen molar-refractivity contribution in [1.29, 1.82) is 0 Å². The van der Waals surface area contributed by atoms with Crippen LogP contribution < -0.4 is 0 Å². The molecule has 2 fully saturated rings. The monoisotopic (exact) mass is 421 g/mol. The van der Waals surface area contributed by atoms with E-state index in [9.17, 15) is 14.4 Å². The summed E-state index contributed by atoms with van der Waals surface area (Å²) in [5.74, 6) is -0.362. The third-order valence-corrected chi connectivity index (χ3v) is 6.32. The highest BCUT2D eigenvalue weighted by atomic mass is 32.2. The lowest BCUT2D eigenvalue weighted by molar-refractivity contribution is -0.135. The minimum atomic E-state index is -0.330. The first kappa shape index (κ1) is 20.3. The van der Waals surface area contributed by atoms with Crippen molar-refractivity contribution in [2.75, 3.05) is 13.1 Å². The summed E-state index contributed by atoms with van der Waals surface area (Å²) in [4.78, 5) is 45.6. The second kappa shape index (κ2) is 9.26. The number of thioether (sulfide) groups is 1. The summed E-state index contributed by atoms with van der Waals surface area (Å²) in [6.07, 6.45) is 8.31. The van der Waals surface area contributed by atoms with Crippen LogP contribution in [0.5, 0.6) is 0 Å². The topological polar surface area (TPSA) is 70.6 Å². The molecule has 154 valence electrons. The predicted molar refractivity (Wildman–Crippen MR) is 116 cm³/mol. The normalized spacial score (nSPS) is 20.8. The zero-order valence-electron chi connectivity index (χ0n) is 16.6. The maximum Gasteiger partial charge on any atom is 0.293 e. The number of pyridine rings is 1. The fourth-order valence-electron chi connectivity index (χ4n) is 3.89. The van der Waals surface area contributed by atoms with E-state index in [0.29, 0.717) is 11.4 Å². The molecule has 30 heavy (non-hydrogen) atoms. The quantitative estimate of drug-likeness (QED) is 0.675. The Balaban J connectivity index is 1.41. The van der Waals surface area contributed by atoms with Gasteiger partial charge in [-0.25, -0.2) is 0 Å². The Labute approximate surface area is 180 Å². The summed E-state index contributed by atoms with van der Waals surface area (Å²) >= 11 is 0.927. The lowest BCUT2D eigenvalue weighted by atomic mass is 9.96. The average Bonchev–Trinajstić information content (AvgIpc) is 3.05. The van der Waals surface area contributed by atoms with Gasteiger partial charge in [0.2, 0.25) is 5.91 Å². The number of piperidine rings is 1. The molecule has 1 atom stereocenters. The molecule has 0 unspecified atom stereocenters. The Morgan fingerprint density at radius 3 is 2.73 bits per heavy atom. The van der Waals surface area contributed by atoms with Gasteiger partial charge in [-0.2, -0.15) is 0 Å². The number of nitrogens with zero attached hydrogens (tertiary/aromatic N) is 3. The van der Waals surface area contributed by atoms with E-state index in [-0.39, 0.29) is 36.1 Å². The van der Waals surface area contributed by atoms with Gasteiger partial charge < -0.3 is 4.90 Å².